The molecule has 0 aliphatic carbocycles. The number of hydrogen-bond donors (Lipinski definition) is 1. The summed E-state index contributed by atoms with van der Waals surface area (Å²) in [5.74, 6) is 0.895. The Morgan fingerprint density at radius 1 is 0.905 bits per heavy atom. The molecular formula is C18H15NOS. The fourth-order valence-corrected chi connectivity index (χ4v) is 3.14. The minimum Gasteiger partial charge on any atom is -0.359 e. The minimum absolute atomic E-state index is 0.0381. The van der Waals surface area contributed by atoms with Crippen LogP contribution in [0.15, 0.2) is 77.8 Å². The summed E-state index contributed by atoms with van der Waals surface area (Å²) >= 11 is 1.69. The van der Waals surface area contributed by atoms with E-state index in [0.717, 1.165) is 16.2 Å². The summed E-state index contributed by atoms with van der Waals surface area (Å²) in [6, 6.07) is 21.7. The lowest BCUT2D eigenvalue weighted by atomic mass is 10.1. The first-order valence-corrected chi connectivity index (χ1v) is 7.77. The van der Waals surface area contributed by atoms with Crippen LogP contribution < -0.4 is 0 Å². The standard InChI is InChI=1S/C18H15NOS/c20-18(16-10-6-12-19-16)15-9-4-5-11-17(15)21-13-14-7-2-1-3-8-14/h1-12,19H,13H2. The molecule has 0 amide bonds. The number of rotatable bonds is 5. The van der Waals surface area contributed by atoms with E-state index < -0.39 is 0 Å². The second-order valence-corrected chi connectivity index (χ2v) is 5.70. The number of thioether (sulfide) groups is 1. The van der Waals surface area contributed by atoms with Crippen LogP contribution in [0.2, 0.25) is 0 Å². The number of hydrogen-bond acceptors (Lipinski definition) is 2. The van der Waals surface area contributed by atoms with Crippen molar-refractivity contribution in [2.75, 3.05) is 0 Å². The van der Waals surface area contributed by atoms with Crippen LogP contribution in [0.5, 0.6) is 0 Å². The fourth-order valence-electron chi connectivity index (χ4n) is 2.13. The third kappa shape index (κ3) is 3.26. The third-order valence-corrected chi connectivity index (χ3v) is 4.36. The van der Waals surface area contributed by atoms with Crippen LogP contribution in [0.1, 0.15) is 21.6 Å². The molecule has 0 spiro atoms. The van der Waals surface area contributed by atoms with Crippen molar-refractivity contribution in [1.29, 1.82) is 0 Å². The SMILES string of the molecule is O=C(c1ccc[nH]1)c1ccccc1SCc1ccccc1. The van der Waals surface area contributed by atoms with Crippen molar-refractivity contribution in [3.05, 3.63) is 89.7 Å². The summed E-state index contributed by atoms with van der Waals surface area (Å²) in [5.41, 5.74) is 2.63. The van der Waals surface area contributed by atoms with Crippen molar-refractivity contribution in [3.8, 4) is 0 Å². The van der Waals surface area contributed by atoms with E-state index in [2.05, 4.69) is 17.1 Å². The van der Waals surface area contributed by atoms with Gasteiger partial charge in [0, 0.05) is 22.4 Å². The van der Waals surface area contributed by atoms with Crippen LogP contribution in [0, 0.1) is 0 Å². The van der Waals surface area contributed by atoms with Gasteiger partial charge in [-0.3, -0.25) is 4.79 Å². The molecule has 2 nitrogen and oxygen atoms in total. The minimum atomic E-state index is 0.0381. The first-order valence-electron chi connectivity index (χ1n) is 6.78. The second-order valence-electron chi connectivity index (χ2n) is 4.68. The highest BCUT2D eigenvalue weighted by molar-refractivity contribution is 7.98. The first-order chi connectivity index (χ1) is 10.3. The number of ketones is 1. The topological polar surface area (TPSA) is 32.9 Å². The number of carbonyl (C=O) groups is 1. The predicted octanol–water partition coefficient (Wildman–Crippen LogP) is 4.54. The van der Waals surface area contributed by atoms with Gasteiger partial charge >= 0.3 is 0 Å². The number of benzene rings is 2. The number of H-pyrrole nitrogens is 1. The lowest BCUT2D eigenvalue weighted by molar-refractivity contribution is 0.103. The summed E-state index contributed by atoms with van der Waals surface area (Å²) in [5, 5.41) is 0. The van der Waals surface area contributed by atoms with Gasteiger partial charge in [0.05, 0.1) is 5.69 Å². The van der Waals surface area contributed by atoms with Gasteiger partial charge in [0.2, 0.25) is 5.78 Å². The van der Waals surface area contributed by atoms with Crippen LogP contribution in [0.25, 0.3) is 0 Å². The highest BCUT2D eigenvalue weighted by Gasteiger charge is 2.14. The zero-order valence-electron chi connectivity index (χ0n) is 11.5. The Balaban J connectivity index is 1.81. The molecule has 0 aliphatic rings. The summed E-state index contributed by atoms with van der Waals surface area (Å²) in [6.07, 6.45) is 1.77. The third-order valence-electron chi connectivity index (χ3n) is 3.21. The fraction of sp³-hybridized carbons (Fsp3) is 0.0556. The maximum atomic E-state index is 12.5. The van der Waals surface area contributed by atoms with Gasteiger partial charge in [-0.1, -0.05) is 42.5 Å². The molecule has 0 saturated carbocycles. The van der Waals surface area contributed by atoms with Crippen LogP contribution in [0.4, 0.5) is 0 Å². The summed E-state index contributed by atoms with van der Waals surface area (Å²) in [6.45, 7) is 0. The van der Waals surface area contributed by atoms with Gasteiger partial charge in [-0.25, -0.2) is 0 Å². The van der Waals surface area contributed by atoms with Crippen molar-refractivity contribution < 1.29 is 4.79 Å². The van der Waals surface area contributed by atoms with E-state index in [-0.39, 0.29) is 5.78 Å². The Bertz CT molecular complexity index is 720. The van der Waals surface area contributed by atoms with Crippen LogP contribution in [-0.2, 0) is 5.75 Å². The molecule has 1 N–H and O–H groups in total. The van der Waals surface area contributed by atoms with Crippen LogP contribution in [-0.4, -0.2) is 10.8 Å². The average molecular weight is 293 g/mol. The number of aromatic amines is 1. The van der Waals surface area contributed by atoms with E-state index in [1.54, 1.807) is 24.0 Å². The van der Waals surface area contributed by atoms with Crippen molar-refractivity contribution >= 4 is 17.5 Å². The maximum Gasteiger partial charge on any atom is 0.210 e. The Kier molecular flexibility index (Phi) is 4.22. The van der Waals surface area contributed by atoms with Gasteiger partial charge in [-0.15, -0.1) is 11.8 Å². The molecular weight excluding hydrogens is 278 g/mol. The molecule has 1 aromatic heterocycles. The average Bonchev–Trinajstić information content (AvgIpc) is 3.08. The normalized spacial score (nSPS) is 10.5. The van der Waals surface area contributed by atoms with Crippen molar-refractivity contribution in [3.63, 3.8) is 0 Å². The van der Waals surface area contributed by atoms with Crippen molar-refractivity contribution in [1.82, 2.24) is 4.98 Å². The summed E-state index contributed by atoms with van der Waals surface area (Å²) in [4.78, 5) is 16.5. The zero-order chi connectivity index (χ0) is 14.5. The molecule has 0 atom stereocenters. The van der Waals surface area contributed by atoms with Crippen molar-refractivity contribution in [2.45, 2.75) is 10.6 Å². The molecule has 3 heteroatoms. The highest BCUT2D eigenvalue weighted by Crippen LogP contribution is 2.27. The molecule has 21 heavy (non-hydrogen) atoms. The second kappa shape index (κ2) is 6.46. The van der Waals surface area contributed by atoms with E-state index in [4.69, 9.17) is 0 Å². The number of nitrogens with one attached hydrogen (secondary N) is 1. The van der Waals surface area contributed by atoms with Crippen LogP contribution in [0.3, 0.4) is 0 Å². The summed E-state index contributed by atoms with van der Waals surface area (Å²) in [7, 11) is 0. The molecule has 0 aliphatic heterocycles. The molecule has 0 fully saturated rings. The number of aromatic nitrogens is 1. The Hall–Kier alpha value is -2.26. The molecule has 0 saturated heterocycles. The monoisotopic (exact) mass is 293 g/mol. The molecule has 3 aromatic rings. The van der Waals surface area contributed by atoms with Gasteiger partial charge in [-0.05, 0) is 29.8 Å². The molecule has 0 bridgehead atoms. The Morgan fingerprint density at radius 2 is 1.67 bits per heavy atom. The zero-order valence-corrected chi connectivity index (χ0v) is 12.3. The first kappa shape index (κ1) is 13.7. The maximum absolute atomic E-state index is 12.5. The predicted molar refractivity (Wildman–Crippen MR) is 86.7 cm³/mol. The Labute approximate surface area is 128 Å². The quantitative estimate of drug-likeness (QED) is 0.553. The highest BCUT2D eigenvalue weighted by atomic mass is 32.2. The van der Waals surface area contributed by atoms with E-state index in [0.29, 0.717) is 5.69 Å². The lowest BCUT2D eigenvalue weighted by Crippen LogP contribution is -2.03. The molecule has 1 heterocycles. The van der Waals surface area contributed by atoms with Gasteiger partial charge in [0.15, 0.2) is 0 Å². The number of carbonyl (C=O) groups excluding carboxylic acids is 1. The van der Waals surface area contributed by atoms with E-state index in [9.17, 15) is 4.79 Å². The van der Waals surface area contributed by atoms with Gasteiger partial charge < -0.3 is 4.98 Å². The van der Waals surface area contributed by atoms with Crippen molar-refractivity contribution in [2.24, 2.45) is 0 Å². The van der Waals surface area contributed by atoms with E-state index in [1.165, 1.54) is 5.56 Å². The van der Waals surface area contributed by atoms with Crippen LogP contribution >= 0.6 is 11.8 Å². The molecule has 0 radical (unpaired) electrons. The van der Waals surface area contributed by atoms with Gasteiger partial charge in [-0.2, -0.15) is 0 Å². The van der Waals surface area contributed by atoms with E-state index in [1.807, 2.05) is 48.5 Å². The molecule has 104 valence electrons. The van der Waals surface area contributed by atoms with Gasteiger partial charge in [0.1, 0.15) is 0 Å². The smallest absolute Gasteiger partial charge is 0.210 e. The lowest BCUT2D eigenvalue weighted by Gasteiger charge is -2.07. The Morgan fingerprint density at radius 3 is 2.43 bits per heavy atom. The molecule has 0 unspecified atom stereocenters. The largest absolute Gasteiger partial charge is 0.359 e. The summed E-state index contributed by atoms with van der Waals surface area (Å²) < 4.78 is 0. The molecule has 2 aromatic carbocycles. The molecule has 3 rings (SSSR count). The van der Waals surface area contributed by atoms with E-state index >= 15 is 0 Å². The van der Waals surface area contributed by atoms with Gasteiger partial charge in [0.25, 0.3) is 0 Å².